The Labute approximate surface area is 861 Å². The molecule has 0 aliphatic carbocycles. The minimum atomic E-state index is -1.06. The lowest BCUT2D eigenvalue weighted by molar-refractivity contribution is -0.121. The van der Waals surface area contributed by atoms with E-state index in [1.54, 1.807) is 208 Å². The number of phenolic OH excluding ortho intramolecular Hbond substituents is 1. The van der Waals surface area contributed by atoms with Gasteiger partial charge in [-0.1, -0.05) is 31.7 Å². The molecule has 0 unspecified atom stereocenters. The van der Waals surface area contributed by atoms with Crippen LogP contribution < -0.4 is 64.0 Å². The number of carbonyl (C=O) groups is 6. The van der Waals surface area contributed by atoms with Crippen LogP contribution >= 0.6 is 48.9 Å². The molecule has 8 aromatic carbocycles. The Kier molecular flexibility index (Phi) is 34.8. The Morgan fingerprint density at radius 2 is 0.597 bits per heavy atom. The number of aliphatic hydroxyl groups is 1. The van der Waals surface area contributed by atoms with Gasteiger partial charge in [-0.05, 0) is 358 Å². The van der Waals surface area contributed by atoms with Crippen LogP contribution in [0.4, 0.5) is 95.4 Å². The van der Waals surface area contributed by atoms with Crippen molar-refractivity contribution in [2.75, 3.05) is 91.6 Å². The Morgan fingerprint density at radius 3 is 0.826 bits per heavy atom. The number of benzene rings is 8. The second kappa shape index (κ2) is 45.2. The first-order chi connectivity index (χ1) is 67.3. The Hall–Kier alpha value is -13.5. The van der Waals surface area contributed by atoms with Gasteiger partial charge in [0.25, 0.3) is 23.6 Å². The summed E-state index contributed by atoms with van der Waals surface area (Å²) in [5.41, 5.74) is 4.00. The molecule has 0 atom stereocenters. The number of anilines is 8. The number of amides is 6. The van der Waals surface area contributed by atoms with E-state index in [2.05, 4.69) is 30.0 Å². The summed E-state index contributed by atoms with van der Waals surface area (Å²) in [7, 11) is 0. The second-order valence-corrected chi connectivity index (χ2v) is 41.2. The highest BCUT2D eigenvalue weighted by Gasteiger charge is 2.55. The third-order valence-electron chi connectivity index (χ3n) is 25.3. The van der Waals surface area contributed by atoms with Crippen molar-refractivity contribution in [1.29, 1.82) is 0 Å². The number of aryl methyl sites for hydroxylation is 4. The molecule has 29 nitrogen and oxygen atoms in total. The molecule has 0 spiro atoms. The van der Waals surface area contributed by atoms with Crippen molar-refractivity contribution < 1.29 is 80.2 Å². The van der Waals surface area contributed by atoms with Crippen LogP contribution in [-0.4, -0.2) is 186 Å². The standard InChI is InChI=1S/C29H33FN4O4S.2C24H25FN4O2S.C19H16FN3O2S.C10H19NO3.CH4/c1-18-16-19(8-10-23(18)31-7)33-25(35)29(5,6)34(26(33)39)20-9-11-24(22(30)17-20)37-21-12-14-32(15-13-21)27(36)38-28(2,3)4;2*1-15-13-16(5-7-20(15)26-4)28-22(30)24(2,3)29(23(28)32)17-6-8-21(19(25)14-17)31-18-9-11-27-12-10-18;1-11-9-12(5-7-15(11)21-4)22-17(25)19(2,3)23(18(22)26)13-6-8-16(24)14(20)10-13;1-10(2,3)14-9(13)11-6-4-8(12)5-7-11;/h8-11,16-17,21H,12-15H2,1-6H3;2*5-8,13-14,18,27H,9-12H2,1-3H3;5-10,24H,1-3H3;8,12H,4-7H2,1-3H3;1H4. The number of thiocarbonyl (C=S) groups is 4. The number of rotatable bonds is 14. The van der Waals surface area contributed by atoms with E-state index < -0.39 is 62.4 Å². The normalized spacial score (nSPS) is 18.0. The predicted octanol–water partition coefficient (Wildman–Crippen LogP) is 22.2. The molecule has 760 valence electrons. The second-order valence-electron chi connectivity index (χ2n) is 39.7. The van der Waals surface area contributed by atoms with Crippen molar-refractivity contribution in [3.63, 3.8) is 0 Å². The summed E-state index contributed by atoms with van der Waals surface area (Å²) >= 11 is 22.6. The summed E-state index contributed by atoms with van der Waals surface area (Å²) in [4.78, 5) is 106. The fourth-order valence-electron chi connectivity index (χ4n) is 17.5. The molecule has 8 fully saturated rings. The molecule has 8 aliphatic heterocycles. The summed E-state index contributed by atoms with van der Waals surface area (Å²) in [6.07, 6.45) is 4.58. The van der Waals surface area contributed by atoms with E-state index in [0.29, 0.717) is 120 Å². The number of hydrogen-bond donors (Lipinski definition) is 4. The fourth-order valence-corrected chi connectivity index (χ4v) is 19.6. The molecule has 0 radical (unpaired) electrons. The molecular weight excluding hydrogens is 1920 g/mol. The van der Waals surface area contributed by atoms with Gasteiger partial charge >= 0.3 is 12.2 Å². The summed E-state index contributed by atoms with van der Waals surface area (Å²) < 4.78 is 87.3. The zero-order valence-electron chi connectivity index (χ0n) is 83.3. The number of halogens is 4. The van der Waals surface area contributed by atoms with Gasteiger partial charge in [0.1, 0.15) is 51.7 Å². The molecule has 0 saturated carbocycles. The van der Waals surface area contributed by atoms with Crippen molar-refractivity contribution in [3.05, 3.63) is 237 Å². The van der Waals surface area contributed by atoms with E-state index >= 15 is 4.39 Å². The van der Waals surface area contributed by atoms with Gasteiger partial charge in [0.2, 0.25) is 0 Å². The summed E-state index contributed by atoms with van der Waals surface area (Å²) in [6, 6.07) is 38.3. The number of phenols is 1. The highest BCUT2D eigenvalue weighted by atomic mass is 32.1. The molecule has 37 heteroatoms. The maximum absolute atomic E-state index is 15.3. The molecule has 4 N–H and O–H groups in total. The van der Waals surface area contributed by atoms with Gasteiger partial charge in [-0.25, -0.2) is 46.5 Å². The largest absolute Gasteiger partial charge is 0.505 e. The summed E-state index contributed by atoms with van der Waals surface area (Å²) in [5.74, 6) is -3.21. The van der Waals surface area contributed by atoms with Crippen molar-refractivity contribution in [2.24, 2.45) is 0 Å². The molecule has 0 aromatic heterocycles. The van der Waals surface area contributed by atoms with Gasteiger partial charge in [-0.2, -0.15) is 0 Å². The Balaban J connectivity index is 0.000000176. The fraction of sp³-hybridized carbons (Fsp3) is 0.421. The van der Waals surface area contributed by atoms with Crippen molar-refractivity contribution in [3.8, 4) is 23.0 Å². The van der Waals surface area contributed by atoms with E-state index in [1.807, 2.05) is 55.4 Å². The smallest absolute Gasteiger partial charge is 0.410 e. The highest BCUT2D eigenvalue weighted by molar-refractivity contribution is 7.81. The van der Waals surface area contributed by atoms with Crippen LogP contribution in [0.1, 0.15) is 178 Å². The number of aromatic hydroxyl groups is 1. The van der Waals surface area contributed by atoms with Crippen LogP contribution in [-0.2, 0) is 28.7 Å². The molecule has 8 heterocycles. The topological polar surface area (TPSA) is 263 Å². The van der Waals surface area contributed by atoms with Crippen LogP contribution in [0.2, 0.25) is 0 Å². The molecule has 8 aliphatic rings. The number of aliphatic hydroxyl groups excluding tert-OH is 1. The van der Waals surface area contributed by atoms with Gasteiger partial charge in [0.05, 0.1) is 32.4 Å². The van der Waals surface area contributed by atoms with E-state index in [9.17, 15) is 52.2 Å². The van der Waals surface area contributed by atoms with Crippen LogP contribution in [0.25, 0.3) is 19.4 Å². The molecular formula is C107H122F4N16O13S4. The maximum Gasteiger partial charge on any atom is 0.410 e. The molecule has 144 heavy (non-hydrogen) atoms. The van der Waals surface area contributed by atoms with Crippen molar-refractivity contribution in [2.45, 2.75) is 241 Å². The SMILES string of the molecule is C.CC(C)(C)OC(=O)N1CCC(O)CC1.[C-]#[N+]c1ccc(N2C(=O)C(C)(C)N(c3ccc(O)c(F)c3)C2=S)cc1C.[C-]#[N+]c1ccc(N2C(=O)C(C)(C)N(c3ccc(OC4CCN(C(=O)OC(C)(C)C)CC4)c(F)c3)C2=S)cc1C.[C-]#[N+]c1ccc(N2C(=O)C(C)(C)N(c3ccc(OC4CCNCC4)c(F)c3)C2=S)cc1C.[C-]#[N+]c1ccc(N2C(=O)C(C)(C)N(c3ccc(OC4CCNCC4)c(F)c3)C2=S)cc1C. The molecule has 8 aromatic rings. The van der Waals surface area contributed by atoms with Gasteiger partial charge in [0.15, 0.2) is 89.5 Å². The molecule has 6 amide bonds. The Bertz CT molecular complexity index is 6300. The first-order valence-electron chi connectivity index (χ1n) is 46.9. The average molecular weight is 2040 g/mol. The van der Waals surface area contributed by atoms with Crippen LogP contribution in [0.3, 0.4) is 0 Å². The zero-order valence-corrected chi connectivity index (χ0v) is 86.5. The predicted molar refractivity (Wildman–Crippen MR) is 568 cm³/mol. The molecule has 8 saturated heterocycles. The zero-order chi connectivity index (χ0) is 105. The van der Waals surface area contributed by atoms with Crippen LogP contribution in [0.15, 0.2) is 146 Å². The van der Waals surface area contributed by atoms with Crippen LogP contribution in [0.5, 0.6) is 23.0 Å². The monoisotopic (exact) mass is 2040 g/mol. The average Bonchev–Trinajstić information content (AvgIpc) is 1.59. The lowest BCUT2D eigenvalue weighted by Crippen LogP contribution is -2.44. The quantitative estimate of drug-likeness (QED) is 0.0448. The summed E-state index contributed by atoms with van der Waals surface area (Å²) in [6.45, 7) is 66.6. The van der Waals surface area contributed by atoms with Crippen molar-refractivity contribution >= 4 is 173 Å². The third-order valence-corrected chi connectivity index (χ3v) is 26.7. The number of nitrogens with zero attached hydrogens (tertiary/aromatic N) is 14. The van der Waals surface area contributed by atoms with Crippen molar-refractivity contribution in [1.82, 2.24) is 20.4 Å². The van der Waals surface area contributed by atoms with E-state index in [0.717, 1.165) is 80.2 Å². The number of nitrogens with one attached hydrogen (secondary N) is 2. The first-order valence-corrected chi connectivity index (χ1v) is 48.5. The first kappa shape index (κ1) is 111. The highest BCUT2D eigenvalue weighted by Crippen LogP contribution is 2.46. The Morgan fingerprint density at radius 1 is 0.368 bits per heavy atom. The lowest BCUT2D eigenvalue weighted by Gasteiger charge is -2.33. The van der Waals surface area contributed by atoms with E-state index in [4.69, 9.17) is 98.8 Å². The minimum Gasteiger partial charge on any atom is -0.505 e. The van der Waals surface area contributed by atoms with Gasteiger partial charge in [0, 0.05) is 109 Å². The lowest BCUT2D eigenvalue weighted by atomic mass is 10.0. The van der Waals surface area contributed by atoms with Gasteiger partial charge < -0.3 is 73.9 Å². The van der Waals surface area contributed by atoms with Gasteiger partial charge in [-0.15, -0.1) is 0 Å². The number of likely N-dealkylation sites (tertiary alicyclic amines) is 2. The summed E-state index contributed by atoms with van der Waals surface area (Å²) in [5, 5.41) is 26.2. The third kappa shape index (κ3) is 24.4. The number of ether oxygens (including phenoxy) is 5. The maximum atomic E-state index is 15.3. The van der Waals surface area contributed by atoms with Crippen LogP contribution in [0, 0.1) is 77.3 Å². The van der Waals surface area contributed by atoms with Gasteiger partial charge in [-0.3, -0.25) is 38.8 Å². The number of piperidine rings is 4. The minimum absolute atomic E-state index is 0. The van der Waals surface area contributed by atoms with E-state index in [1.165, 1.54) is 49.9 Å². The molecule has 0 bridgehead atoms. The number of hydrogen-bond acceptors (Lipinski definition) is 19. The molecule has 16 rings (SSSR count). The number of carbonyl (C=O) groups excluding carboxylic acids is 6. The van der Waals surface area contributed by atoms with E-state index in [-0.39, 0.29) is 105 Å².